The van der Waals surface area contributed by atoms with Crippen LogP contribution in [0.4, 0.5) is 0 Å². The second kappa shape index (κ2) is 5.55. The first-order valence-electron chi connectivity index (χ1n) is 8.60. The van der Waals surface area contributed by atoms with Gasteiger partial charge in [0, 0.05) is 12.0 Å². The van der Waals surface area contributed by atoms with E-state index in [0.29, 0.717) is 5.92 Å². The molecule has 22 heavy (non-hydrogen) atoms. The Morgan fingerprint density at radius 2 is 1.23 bits per heavy atom. The lowest BCUT2D eigenvalue weighted by molar-refractivity contribution is 0.186. The Bertz CT molecular complexity index is 620. The van der Waals surface area contributed by atoms with Gasteiger partial charge in [-0.1, -0.05) is 48.5 Å². The molecular formula is C21H25N. The van der Waals surface area contributed by atoms with Crippen molar-refractivity contribution in [2.45, 2.75) is 37.6 Å². The Hall–Kier alpha value is -1.60. The molecule has 0 aromatic heterocycles. The van der Waals surface area contributed by atoms with Gasteiger partial charge in [0.25, 0.3) is 0 Å². The third-order valence-electron chi connectivity index (χ3n) is 5.82. The summed E-state index contributed by atoms with van der Waals surface area (Å²) >= 11 is 0. The summed E-state index contributed by atoms with van der Waals surface area (Å²) in [5.41, 5.74) is 6.07. The van der Waals surface area contributed by atoms with E-state index in [-0.39, 0.29) is 0 Å². The smallest absolute Gasteiger partial charge is 0.0130 e. The number of hydrogen-bond acceptors (Lipinski definition) is 1. The molecule has 4 rings (SSSR count). The first kappa shape index (κ1) is 14.0. The number of benzene rings is 2. The molecule has 2 aliphatic carbocycles. The van der Waals surface area contributed by atoms with Crippen molar-refractivity contribution in [3.05, 3.63) is 59.7 Å². The molecule has 0 atom stereocenters. The molecule has 2 aromatic carbocycles. The SMILES string of the molecule is CN(C)C1CCC(C2c3ccccc3-c3ccccc32)CC1. The summed E-state index contributed by atoms with van der Waals surface area (Å²) < 4.78 is 0. The molecule has 114 valence electrons. The second-order valence-corrected chi connectivity index (χ2v) is 7.18. The molecule has 1 fully saturated rings. The monoisotopic (exact) mass is 291 g/mol. The van der Waals surface area contributed by atoms with Gasteiger partial charge in [0.2, 0.25) is 0 Å². The van der Waals surface area contributed by atoms with Crippen molar-refractivity contribution >= 4 is 0 Å². The first-order chi connectivity index (χ1) is 10.8. The van der Waals surface area contributed by atoms with Crippen LogP contribution in [-0.2, 0) is 0 Å². The highest BCUT2D eigenvalue weighted by Crippen LogP contribution is 2.51. The summed E-state index contributed by atoms with van der Waals surface area (Å²) in [5.74, 6) is 1.43. The lowest BCUT2D eigenvalue weighted by Gasteiger charge is -2.36. The summed E-state index contributed by atoms with van der Waals surface area (Å²) in [6.45, 7) is 0. The van der Waals surface area contributed by atoms with E-state index in [4.69, 9.17) is 0 Å². The van der Waals surface area contributed by atoms with Gasteiger partial charge in [-0.25, -0.2) is 0 Å². The Labute approximate surface area is 134 Å². The normalized spacial score (nSPS) is 24.3. The van der Waals surface area contributed by atoms with Crippen LogP contribution in [-0.4, -0.2) is 25.0 Å². The van der Waals surface area contributed by atoms with Crippen LogP contribution in [0, 0.1) is 5.92 Å². The van der Waals surface area contributed by atoms with Crippen LogP contribution < -0.4 is 0 Å². The summed E-state index contributed by atoms with van der Waals surface area (Å²) in [5, 5.41) is 0. The van der Waals surface area contributed by atoms with Gasteiger partial charge in [-0.05, 0) is 68.0 Å². The van der Waals surface area contributed by atoms with Gasteiger partial charge in [0.1, 0.15) is 0 Å². The maximum absolute atomic E-state index is 2.41. The van der Waals surface area contributed by atoms with Gasteiger partial charge < -0.3 is 4.90 Å². The van der Waals surface area contributed by atoms with Crippen molar-refractivity contribution < 1.29 is 0 Å². The van der Waals surface area contributed by atoms with Gasteiger partial charge in [-0.15, -0.1) is 0 Å². The van der Waals surface area contributed by atoms with Crippen molar-refractivity contribution in [2.24, 2.45) is 5.92 Å². The second-order valence-electron chi connectivity index (χ2n) is 7.18. The van der Waals surface area contributed by atoms with Crippen LogP contribution in [0.3, 0.4) is 0 Å². The lowest BCUT2D eigenvalue weighted by atomic mass is 9.74. The minimum absolute atomic E-state index is 0.621. The van der Waals surface area contributed by atoms with Gasteiger partial charge in [0.05, 0.1) is 0 Å². The molecule has 0 spiro atoms. The molecule has 0 N–H and O–H groups in total. The minimum Gasteiger partial charge on any atom is -0.306 e. The third-order valence-corrected chi connectivity index (χ3v) is 5.82. The largest absolute Gasteiger partial charge is 0.306 e. The van der Waals surface area contributed by atoms with E-state index >= 15 is 0 Å². The van der Waals surface area contributed by atoms with Crippen molar-refractivity contribution in [3.8, 4) is 11.1 Å². The molecule has 0 amide bonds. The standard InChI is InChI=1S/C21H25N/c1-22(2)16-13-11-15(12-14-16)21-19-9-5-3-7-17(19)18-8-4-6-10-20(18)21/h3-10,15-16,21H,11-14H2,1-2H3. The van der Waals surface area contributed by atoms with Crippen LogP contribution in [0.1, 0.15) is 42.7 Å². The van der Waals surface area contributed by atoms with E-state index in [0.717, 1.165) is 12.0 Å². The molecule has 1 saturated carbocycles. The number of rotatable bonds is 2. The van der Waals surface area contributed by atoms with E-state index in [1.807, 2.05) is 0 Å². The molecule has 1 nitrogen and oxygen atoms in total. The first-order valence-corrected chi connectivity index (χ1v) is 8.60. The molecule has 0 bridgehead atoms. The fraction of sp³-hybridized carbons (Fsp3) is 0.429. The van der Waals surface area contributed by atoms with Crippen LogP contribution in [0.5, 0.6) is 0 Å². The van der Waals surface area contributed by atoms with Gasteiger partial charge >= 0.3 is 0 Å². The highest BCUT2D eigenvalue weighted by molar-refractivity contribution is 5.78. The molecule has 2 aliphatic rings. The molecule has 1 heteroatoms. The Balaban J connectivity index is 1.68. The van der Waals surface area contributed by atoms with Crippen molar-refractivity contribution in [3.63, 3.8) is 0 Å². The van der Waals surface area contributed by atoms with Crippen molar-refractivity contribution in [1.82, 2.24) is 4.90 Å². The summed E-state index contributed by atoms with van der Waals surface area (Å²) in [7, 11) is 4.45. The van der Waals surface area contributed by atoms with Gasteiger partial charge in [-0.2, -0.15) is 0 Å². The van der Waals surface area contributed by atoms with E-state index < -0.39 is 0 Å². The lowest BCUT2D eigenvalue weighted by Crippen LogP contribution is -2.33. The predicted octanol–water partition coefficient (Wildman–Crippen LogP) is 4.92. The average molecular weight is 291 g/mol. The summed E-state index contributed by atoms with van der Waals surface area (Å²) in [4.78, 5) is 2.41. The molecule has 0 unspecified atom stereocenters. The molecule has 0 radical (unpaired) electrons. The summed E-state index contributed by atoms with van der Waals surface area (Å²) in [6, 6.07) is 18.9. The maximum Gasteiger partial charge on any atom is 0.0130 e. The maximum atomic E-state index is 2.41. The topological polar surface area (TPSA) is 3.24 Å². The highest BCUT2D eigenvalue weighted by atomic mass is 15.1. The molecular weight excluding hydrogens is 266 g/mol. The van der Waals surface area contributed by atoms with Crippen LogP contribution in [0.2, 0.25) is 0 Å². The Kier molecular flexibility index (Phi) is 3.54. The highest BCUT2D eigenvalue weighted by Gasteiger charge is 2.36. The van der Waals surface area contributed by atoms with E-state index in [1.54, 1.807) is 11.1 Å². The molecule has 2 aromatic rings. The van der Waals surface area contributed by atoms with Crippen LogP contribution in [0.15, 0.2) is 48.5 Å². The zero-order valence-electron chi connectivity index (χ0n) is 13.6. The van der Waals surface area contributed by atoms with Crippen molar-refractivity contribution in [2.75, 3.05) is 14.1 Å². The Morgan fingerprint density at radius 1 is 0.727 bits per heavy atom. The molecule has 0 saturated heterocycles. The van der Waals surface area contributed by atoms with Crippen molar-refractivity contribution in [1.29, 1.82) is 0 Å². The van der Waals surface area contributed by atoms with Crippen LogP contribution in [0.25, 0.3) is 11.1 Å². The van der Waals surface area contributed by atoms with Gasteiger partial charge in [-0.3, -0.25) is 0 Å². The van der Waals surface area contributed by atoms with E-state index in [2.05, 4.69) is 67.5 Å². The number of hydrogen-bond donors (Lipinski definition) is 0. The predicted molar refractivity (Wildman–Crippen MR) is 93.2 cm³/mol. The molecule has 0 heterocycles. The van der Waals surface area contributed by atoms with Crippen LogP contribution >= 0.6 is 0 Å². The molecule has 0 aliphatic heterocycles. The number of fused-ring (bicyclic) bond motifs is 3. The average Bonchev–Trinajstić information content (AvgIpc) is 2.89. The Morgan fingerprint density at radius 3 is 1.73 bits per heavy atom. The van der Waals surface area contributed by atoms with Gasteiger partial charge in [0.15, 0.2) is 0 Å². The zero-order chi connectivity index (χ0) is 15.1. The minimum atomic E-state index is 0.621. The number of nitrogens with zero attached hydrogens (tertiary/aromatic N) is 1. The van der Waals surface area contributed by atoms with E-state index in [1.165, 1.54) is 36.8 Å². The quantitative estimate of drug-likeness (QED) is 0.759. The van der Waals surface area contributed by atoms with E-state index in [9.17, 15) is 0 Å². The fourth-order valence-corrected chi connectivity index (χ4v) is 4.65. The zero-order valence-corrected chi connectivity index (χ0v) is 13.6. The fourth-order valence-electron chi connectivity index (χ4n) is 4.65. The summed E-state index contributed by atoms with van der Waals surface area (Å²) in [6.07, 6.45) is 5.41. The third kappa shape index (κ3) is 2.19.